The first-order valence-corrected chi connectivity index (χ1v) is 6.67. The molecule has 2 rings (SSSR count). The van der Waals surface area contributed by atoms with Crippen molar-refractivity contribution < 1.29 is 13.2 Å². The van der Waals surface area contributed by atoms with Crippen LogP contribution in [-0.2, 0) is 12.7 Å². The summed E-state index contributed by atoms with van der Waals surface area (Å²) in [6.07, 6.45) is -3.65. The molecule has 114 valence electrons. The summed E-state index contributed by atoms with van der Waals surface area (Å²) in [5, 5.41) is 13.8. The third kappa shape index (κ3) is 3.51. The zero-order valence-corrected chi connectivity index (χ0v) is 11.9. The van der Waals surface area contributed by atoms with Crippen LogP contribution in [0.4, 0.5) is 13.2 Å². The van der Waals surface area contributed by atoms with E-state index in [4.69, 9.17) is 11.6 Å². The topological polar surface area (TPSA) is 55.6 Å². The highest BCUT2D eigenvalue weighted by Gasteiger charge is 2.35. The Morgan fingerprint density at radius 2 is 2.10 bits per heavy atom. The largest absolute Gasteiger partial charge is 0.418 e. The Balaban J connectivity index is 2.45. The van der Waals surface area contributed by atoms with Crippen LogP contribution in [-0.4, -0.2) is 26.8 Å². The number of alkyl halides is 3. The highest BCUT2D eigenvalue weighted by molar-refractivity contribution is 6.32. The van der Waals surface area contributed by atoms with Crippen LogP contribution < -0.4 is 5.32 Å². The lowest BCUT2D eigenvalue weighted by Crippen LogP contribution is -2.19. The Labute approximate surface area is 124 Å². The molecule has 1 heterocycles. The molecular formula is C12H13ClF3N5. The van der Waals surface area contributed by atoms with Gasteiger partial charge in [-0.2, -0.15) is 17.9 Å². The highest BCUT2D eigenvalue weighted by Crippen LogP contribution is 2.37. The Kier molecular flexibility index (Phi) is 4.79. The normalized spacial score (nSPS) is 11.9. The van der Waals surface area contributed by atoms with Crippen LogP contribution in [0.3, 0.4) is 0 Å². The van der Waals surface area contributed by atoms with E-state index in [-0.39, 0.29) is 23.1 Å². The van der Waals surface area contributed by atoms with Crippen molar-refractivity contribution in [3.63, 3.8) is 0 Å². The second-order valence-electron chi connectivity index (χ2n) is 4.32. The summed E-state index contributed by atoms with van der Waals surface area (Å²) in [5.41, 5.74) is -1.14. The number of hydrogen-bond donors (Lipinski definition) is 1. The van der Waals surface area contributed by atoms with Gasteiger partial charge in [-0.05, 0) is 35.5 Å². The van der Waals surface area contributed by atoms with E-state index in [0.29, 0.717) is 6.54 Å². The fourth-order valence-corrected chi connectivity index (χ4v) is 2.08. The van der Waals surface area contributed by atoms with Gasteiger partial charge in [0, 0.05) is 0 Å². The van der Waals surface area contributed by atoms with Gasteiger partial charge in [-0.1, -0.05) is 24.6 Å². The number of hydrogen-bond acceptors (Lipinski definition) is 4. The van der Waals surface area contributed by atoms with Crippen LogP contribution in [0, 0.1) is 0 Å². The lowest BCUT2D eigenvalue weighted by Gasteiger charge is -2.14. The van der Waals surface area contributed by atoms with Gasteiger partial charge in [0.1, 0.15) is 0 Å². The van der Waals surface area contributed by atoms with Crippen LogP contribution in [0.15, 0.2) is 18.2 Å². The maximum atomic E-state index is 13.1. The number of nitrogens with one attached hydrogen (secondary N) is 1. The minimum Gasteiger partial charge on any atom is -0.310 e. The Bertz CT molecular complexity index is 611. The van der Waals surface area contributed by atoms with Gasteiger partial charge in [-0.15, -0.1) is 5.10 Å². The lowest BCUT2D eigenvalue weighted by molar-refractivity contribution is -0.137. The summed E-state index contributed by atoms with van der Waals surface area (Å²) in [6.45, 7) is 2.94. The third-order valence-corrected chi connectivity index (χ3v) is 3.05. The van der Waals surface area contributed by atoms with Crippen molar-refractivity contribution in [1.82, 2.24) is 25.5 Å². The molecule has 0 aliphatic carbocycles. The maximum Gasteiger partial charge on any atom is 0.418 e. The third-order valence-electron chi connectivity index (χ3n) is 2.75. The summed E-state index contributed by atoms with van der Waals surface area (Å²) in [4.78, 5) is 0. The summed E-state index contributed by atoms with van der Waals surface area (Å²) in [5.74, 6) is 0.266. The van der Waals surface area contributed by atoms with Gasteiger partial charge in [0.05, 0.1) is 22.8 Å². The van der Waals surface area contributed by atoms with E-state index in [1.54, 1.807) is 0 Å². The molecule has 0 amide bonds. The lowest BCUT2D eigenvalue weighted by atomic mass is 10.1. The fraction of sp³-hybridized carbons (Fsp3) is 0.417. The second-order valence-corrected chi connectivity index (χ2v) is 4.72. The molecule has 9 heteroatoms. The molecule has 0 fully saturated rings. The molecule has 0 unspecified atom stereocenters. The first-order valence-electron chi connectivity index (χ1n) is 6.29. The maximum absolute atomic E-state index is 13.1. The molecule has 0 saturated heterocycles. The Morgan fingerprint density at radius 1 is 1.33 bits per heavy atom. The van der Waals surface area contributed by atoms with Crippen molar-refractivity contribution in [1.29, 1.82) is 0 Å². The zero-order chi connectivity index (χ0) is 15.5. The molecule has 1 aromatic carbocycles. The van der Waals surface area contributed by atoms with Gasteiger partial charge in [-0.3, -0.25) is 0 Å². The summed E-state index contributed by atoms with van der Waals surface area (Å²) >= 11 is 5.92. The van der Waals surface area contributed by atoms with E-state index in [2.05, 4.69) is 20.8 Å². The van der Waals surface area contributed by atoms with Crippen LogP contribution >= 0.6 is 11.6 Å². The van der Waals surface area contributed by atoms with E-state index in [9.17, 15) is 13.2 Å². The number of tetrazole rings is 1. The Hall–Kier alpha value is -1.67. The van der Waals surface area contributed by atoms with Gasteiger partial charge in [0.25, 0.3) is 0 Å². The number of para-hydroxylation sites is 1. The van der Waals surface area contributed by atoms with Crippen LogP contribution in [0.2, 0.25) is 5.02 Å². The smallest absolute Gasteiger partial charge is 0.310 e. The Morgan fingerprint density at radius 3 is 2.76 bits per heavy atom. The standard InChI is InChI=1S/C12H13ClF3N5/c1-2-6-17-7-10-18-19-20-21(10)11-8(12(14,15)16)4-3-5-9(11)13/h3-5,17H,2,6-7H2,1H3. The van der Waals surface area contributed by atoms with Crippen molar-refractivity contribution in [2.24, 2.45) is 0 Å². The van der Waals surface area contributed by atoms with E-state index in [0.717, 1.165) is 17.2 Å². The molecule has 0 radical (unpaired) electrons. The summed E-state index contributed by atoms with van der Waals surface area (Å²) in [7, 11) is 0. The van der Waals surface area contributed by atoms with Gasteiger partial charge < -0.3 is 5.32 Å². The van der Waals surface area contributed by atoms with E-state index < -0.39 is 11.7 Å². The van der Waals surface area contributed by atoms with Gasteiger partial charge in [0.15, 0.2) is 5.82 Å². The van der Waals surface area contributed by atoms with Crippen molar-refractivity contribution >= 4 is 11.6 Å². The highest BCUT2D eigenvalue weighted by atomic mass is 35.5. The molecule has 1 N–H and O–H groups in total. The molecular weight excluding hydrogens is 307 g/mol. The summed E-state index contributed by atoms with van der Waals surface area (Å²) in [6, 6.07) is 3.57. The van der Waals surface area contributed by atoms with Crippen molar-refractivity contribution in [3.8, 4) is 5.69 Å². The first kappa shape index (κ1) is 15.7. The summed E-state index contributed by atoms with van der Waals surface area (Å²) < 4.78 is 40.3. The molecule has 1 aromatic heterocycles. The minimum atomic E-state index is -4.54. The molecule has 21 heavy (non-hydrogen) atoms. The van der Waals surface area contributed by atoms with Crippen molar-refractivity contribution in [2.75, 3.05) is 6.54 Å². The minimum absolute atomic E-state index is 0.0612. The first-order chi connectivity index (χ1) is 9.95. The van der Waals surface area contributed by atoms with E-state index in [1.165, 1.54) is 12.1 Å². The SMILES string of the molecule is CCCNCc1nnnn1-c1c(Cl)cccc1C(F)(F)F. The number of rotatable bonds is 5. The molecule has 2 aromatic rings. The molecule has 0 spiro atoms. The fourth-order valence-electron chi connectivity index (χ4n) is 1.83. The quantitative estimate of drug-likeness (QED) is 0.861. The molecule has 0 saturated carbocycles. The molecule has 5 nitrogen and oxygen atoms in total. The van der Waals surface area contributed by atoms with Gasteiger partial charge in [0.2, 0.25) is 0 Å². The molecule has 0 aliphatic rings. The van der Waals surface area contributed by atoms with Crippen LogP contribution in [0.25, 0.3) is 5.69 Å². The van der Waals surface area contributed by atoms with Crippen molar-refractivity contribution in [3.05, 3.63) is 34.6 Å². The molecule has 0 atom stereocenters. The average molecular weight is 320 g/mol. The van der Waals surface area contributed by atoms with E-state index in [1.807, 2.05) is 6.92 Å². The second kappa shape index (κ2) is 6.40. The van der Waals surface area contributed by atoms with Crippen molar-refractivity contribution in [2.45, 2.75) is 26.1 Å². The average Bonchev–Trinajstić information content (AvgIpc) is 2.86. The monoisotopic (exact) mass is 319 g/mol. The number of nitrogens with zero attached hydrogens (tertiary/aromatic N) is 4. The van der Waals surface area contributed by atoms with Crippen LogP contribution in [0.1, 0.15) is 24.7 Å². The number of halogens is 4. The molecule has 0 bridgehead atoms. The van der Waals surface area contributed by atoms with Crippen LogP contribution in [0.5, 0.6) is 0 Å². The van der Waals surface area contributed by atoms with Gasteiger partial charge in [-0.25, -0.2) is 0 Å². The van der Waals surface area contributed by atoms with E-state index >= 15 is 0 Å². The number of aromatic nitrogens is 4. The predicted molar refractivity (Wildman–Crippen MR) is 71.2 cm³/mol. The number of benzene rings is 1. The predicted octanol–water partition coefficient (Wildman–Crippen LogP) is 2.83. The molecule has 0 aliphatic heterocycles. The van der Waals surface area contributed by atoms with Gasteiger partial charge >= 0.3 is 6.18 Å². The zero-order valence-electron chi connectivity index (χ0n) is 11.2.